The van der Waals surface area contributed by atoms with Gasteiger partial charge in [0.2, 0.25) is 0 Å². The lowest BCUT2D eigenvalue weighted by atomic mass is 10.1. The lowest BCUT2D eigenvalue weighted by Crippen LogP contribution is -2.19. The van der Waals surface area contributed by atoms with E-state index >= 15 is 0 Å². The molecule has 0 bridgehead atoms. The predicted octanol–water partition coefficient (Wildman–Crippen LogP) is 2.60. The van der Waals surface area contributed by atoms with Gasteiger partial charge in [0.25, 0.3) is 5.82 Å². The molecule has 0 aliphatic rings. The van der Waals surface area contributed by atoms with Crippen LogP contribution in [0.15, 0.2) is 41.7 Å². The fraction of sp³-hybridized carbons (Fsp3) is 0.0769. The van der Waals surface area contributed by atoms with Gasteiger partial charge in [-0.1, -0.05) is 11.6 Å². The number of carbonyl (C=O) groups excluding carboxylic acids is 1. The molecule has 1 heterocycles. The van der Waals surface area contributed by atoms with Crippen LogP contribution in [0, 0.1) is 17.6 Å². The highest BCUT2D eigenvalue weighted by Gasteiger charge is 2.17. The van der Waals surface area contributed by atoms with Gasteiger partial charge >= 0.3 is 5.91 Å². The number of aryl methyl sites for hydroxylation is 1. The van der Waals surface area contributed by atoms with Gasteiger partial charge in [-0.3, -0.25) is 0 Å². The number of nitrogens with one attached hydrogen (secondary N) is 2. The zero-order chi connectivity index (χ0) is 13.8. The number of hydrogen-bond acceptors (Lipinski definition) is 3. The molecule has 1 amide bonds. The normalized spacial score (nSPS) is 10.0. The van der Waals surface area contributed by atoms with Crippen molar-refractivity contribution in [2.75, 3.05) is 5.32 Å². The van der Waals surface area contributed by atoms with Crippen LogP contribution in [0.5, 0.6) is 0 Å². The Hall–Kier alpha value is -2.63. The maximum absolute atomic E-state index is 12.7. The van der Waals surface area contributed by atoms with Crippen LogP contribution in [0.4, 0.5) is 15.9 Å². The van der Waals surface area contributed by atoms with Crippen LogP contribution in [0.25, 0.3) is 0 Å². The summed E-state index contributed by atoms with van der Waals surface area (Å²) >= 11 is 0. The Morgan fingerprint density at radius 1 is 1.32 bits per heavy atom. The van der Waals surface area contributed by atoms with E-state index in [1.165, 1.54) is 18.2 Å². The van der Waals surface area contributed by atoms with Gasteiger partial charge in [-0.05, 0) is 30.3 Å². The minimum Gasteiger partial charge on any atom is -0.244 e. The number of aromatic nitrogens is 1. The van der Waals surface area contributed by atoms with E-state index in [9.17, 15) is 14.1 Å². The average molecular weight is 260 g/mol. The minimum absolute atomic E-state index is 0.0604. The molecule has 0 saturated heterocycles. The number of benzene rings is 1. The number of anilines is 1. The zero-order valence-electron chi connectivity index (χ0n) is 10.1. The number of halogens is 1. The van der Waals surface area contributed by atoms with Gasteiger partial charge in [0.15, 0.2) is 5.82 Å². The van der Waals surface area contributed by atoms with Crippen molar-refractivity contribution in [3.63, 3.8) is 0 Å². The van der Waals surface area contributed by atoms with Crippen LogP contribution in [0.2, 0.25) is 0 Å². The summed E-state index contributed by atoms with van der Waals surface area (Å²) < 4.78 is 12.7. The van der Waals surface area contributed by atoms with Gasteiger partial charge in [0.1, 0.15) is 11.9 Å². The summed E-state index contributed by atoms with van der Waals surface area (Å²) in [7, 11) is 0. The second-order valence-corrected chi connectivity index (χ2v) is 3.99. The molecule has 2 N–H and O–H groups in total. The third kappa shape index (κ3) is 2.98. The third-order valence-corrected chi connectivity index (χ3v) is 2.52. The van der Waals surface area contributed by atoms with E-state index < -0.39 is 11.7 Å². The first-order valence-corrected chi connectivity index (χ1v) is 5.53. The number of pyridine rings is 1. The Morgan fingerprint density at radius 2 is 2.11 bits per heavy atom. The standard InChI is InChI=1S/C13H10FN3O2/c1-8-2-4-11(17-19)10(6-8)13(18)16-12-5-3-9(14)7-15-12/h2-7H,1H3,(H,15,16,18)/p+1. The van der Waals surface area contributed by atoms with Crippen LogP contribution in [-0.4, -0.2) is 5.91 Å². The van der Waals surface area contributed by atoms with Crippen molar-refractivity contribution < 1.29 is 14.2 Å². The predicted molar refractivity (Wildman–Crippen MR) is 67.5 cm³/mol. The summed E-state index contributed by atoms with van der Waals surface area (Å²) in [5.74, 6) is -0.602. The second kappa shape index (κ2) is 5.34. The van der Waals surface area contributed by atoms with Crippen molar-refractivity contribution >= 4 is 17.4 Å². The number of nitroso groups, excluding NO2 is 1. The molecule has 0 aliphatic carbocycles. The summed E-state index contributed by atoms with van der Waals surface area (Å²) in [4.78, 5) is 25.2. The summed E-state index contributed by atoms with van der Waals surface area (Å²) in [6.45, 7) is 1.80. The highest BCUT2D eigenvalue weighted by atomic mass is 19.1. The Kier molecular flexibility index (Phi) is 3.61. The molecule has 6 heteroatoms. The van der Waals surface area contributed by atoms with Crippen molar-refractivity contribution in [2.45, 2.75) is 6.92 Å². The Balaban J connectivity index is 2.27. The maximum Gasteiger partial charge on any atom is 0.341 e. The number of hydrogen-bond donors (Lipinski definition) is 1. The van der Waals surface area contributed by atoms with Gasteiger partial charge in [0, 0.05) is 6.07 Å². The maximum atomic E-state index is 12.7. The van der Waals surface area contributed by atoms with Gasteiger partial charge < -0.3 is 0 Å². The fourth-order valence-electron chi connectivity index (χ4n) is 1.58. The van der Waals surface area contributed by atoms with E-state index in [0.717, 1.165) is 11.8 Å². The van der Waals surface area contributed by atoms with Crippen LogP contribution in [0.1, 0.15) is 15.9 Å². The molecule has 19 heavy (non-hydrogen) atoms. The number of nitrogens with zero attached hydrogens (tertiary/aromatic N) is 1. The van der Waals surface area contributed by atoms with Crippen molar-refractivity contribution in [2.24, 2.45) is 5.18 Å². The topological polar surface area (TPSA) is 72.7 Å². The molecule has 0 fully saturated rings. The van der Waals surface area contributed by atoms with E-state index in [0.29, 0.717) is 5.82 Å². The number of amides is 1. The lowest BCUT2D eigenvalue weighted by molar-refractivity contribution is -0.363. The molecule has 2 aromatic rings. The monoisotopic (exact) mass is 260 g/mol. The second-order valence-electron chi connectivity index (χ2n) is 3.99. The highest BCUT2D eigenvalue weighted by Crippen LogP contribution is 2.21. The molecular formula is C13H11FN3O2+. The zero-order valence-corrected chi connectivity index (χ0v) is 10.1. The van der Waals surface area contributed by atoms with E-state index in [1.54, 1.807) is 19.1 Å². The number of carbonyl (C=O) groups is 1. The largest absolute Gasteiger partial charge is 0.341 e. The molecule has 0 spiro atoms. The summed E-state index contributed by atoms with van der Waals surface area (Å²) in [6, 6.07) is 7.33. The van der Waals surface area contributed by atoms with Crippen LogP contribution >= 0.6 is 0 Å². The van der Waals surface area contributed by atoms with Gasteiger partial charge in [0.05, 0.1) is 5.56 Å². The average Bonchev–Trinajstić information content (AvgIpc) is 2.41. The van der Waals surface area contributed by atoms with Crippen LogP contribution in [-0.2, 0) is 0 Å². The number of H-pyrrole nitrogens is 1. The molecule has 1 aromatic heterocycles. The lowest BCUT2D eigenvalue weighted by Gasteiger charge is -2.01. The van der Waals surface area contributed by atoms with Crippen molar-refractivity contribution in [1.29, 1.82) is 0 Å². The Morgan fingerprint density at radius 3 is 2.74 bits per heavy atom. The molecule has 1 aromatic carbocycles. The van der Waals surface area contributed by atoms with Crippen molar-refractivity contribution in [1.82, 2.24) is 0 Å². The summed E-state index contributed by atoms with van der Waals surface area (Å²) in [5, 5.41) is 5.33. The van der Waals surface area contributed by atoms with E-state index in [2.05, 4.69) is 15.5 Å². The Labute approximate surface area is 108 Å². The quantitative estimate of drug-likeness (QED) is 0.861. The van der Waals surface area contributed by atoms with Crippen molar-refractivity contribution in [3.05, 3.63) is 58.4 Å². The number of rotatable bonds is 3. The molecule has 5 nitrogen and oxygen atoms in total. The molecular weight excluding hydrogens is 249 g/mol. The minimum atomic E-state index is -0.485. The van der Waals surface area contributed by atoms with Gasteiger partial charge in [-0.15, -0.1) is 4.91 Å². The van der Waals surface area contributed by atoms with E-state index in [4.69, 9.17) is 0 Å². The molecule has 0 aliphatic heterocycles. The molecule has 2 rings (SSSR count). The van der Waals surface area contributed by atoms with Gasteiger partial charge in [-0.2, -0.15) is 0 Å². The SMILES string of the molecule is Cc1ccc(N=O)c(C(=O)Nc2ccc(F)c[nH+]2)c1. The van der Waals surface area contributed by atoms with Crippen molar-refractivity contribution in [3.8, 4) is 0 Å². The third-order valence-electron chi connectivity index (χ3n) is 2.52. The van der Waals surface area contributed by atoms with E-state index in [1.807, 2.05) is 0 Å². The smallest absolute Gasteiger partial charge is 0.244 e. The highest BCUT2D eigenvalue weighted by molar-refractivity contribution is 6.07. The molecule has 0 radical (unpaired) electrons. The molecule has 96 valence electrons. The van der Waals surface area contributed by atoms with Crippen LogP contribution < -0.4 is 10.3 Å². The van der Waals surface area contributed by atoms with Gasteiger partial charge in [-0.25, -0.2) is 19.5 Å². The Bertz CT molecular complexity index is 626. The first kappa shape index (κ1) is 12.8. The van der Waals surface area contributed by atoms with Crippen LogP contribution in [0.3, 0.4) is 0 Å². The van der Waals surface area contributed by atoms with E-state index in [-0.39, 0.29) is 11.3 Å². The first-order valence-electron chi connectivity index (χ1n) is 5.53. The summed E-state index contributed by atoms with van der Waals surface area (Å²) in [6.07, 6.45) is 1.12. The molecule has 0 saturated carbocycles. The fourth-order valence-corrected chi connectivity index (χ4v) is 1.58. The molecule has 0 unspecified atom stereocenters. The number of aromatic amines is 1. The molecule has 0 atom stereocenters. The summed E-state index contributed by atoms with van der Waals surface area (Å²) in [5.41, 5.74) is 1.07. The first-order chi connectivity index (χ1) is 9.10.